The topological polar surface area (TPSA) is 40.6 Å². The molecule has 1 heterocycles. The molecule has 21 heavy (non-hydrogen) atoms. The van der Waals surface area contributed by atoms with E-state index < -0.39 is 0 Å². The molecule has 0 N–H and O–H groups in total. The minimum absolute atomic E-state index is 0.148. The van der Waals surface area contributed by atoms with E-state index in [1.165, 1.54) is 6.42 Å². The fraction of sp³-hybridized carbons (Fsp3) is 0.882. The van der Waals surface area contributed by atoms with Gasteiger partial charge in [0.2, 0.25) is 11.8 Å². The van der Waals surface area contributed by atoms with E-state index in [9.17, 15) is 9.59 Å². The van der Waals surface area contributed by atoms with Crippen molar-refractivity contribution < 1.29 is 9.59 Å². The van der Waals surface area contributed by atoms with Crippen molar-refractivity contribution in [1.82, 2.24) is 9.80 Å². The SMILES string of the molecule is CCN(CC)C(=O)C1CCC(C(=O)N2CCCCC2)CC1. The second kappa shape index (κ2) is 7.81. The largest absolute Gasteiger partial charge is 0.343 e. The molecule has 0 aromatic heterocycles. The van der Waals surface area contributed by atoms with Crippen LogP contribution in [0.1, 0.15) is 58.8 Å². The Morgan fingerprint density at radius 3 is 1.95 bits per heavy atom. The second-order valence-electron chi connectivity index (χ2n) is 6.45. The van der Waals surface area contributed by atoms with Crippen LogP contribution < -0.4 is 0 Å². The monoisotopic (exact) mass is 294 g/mol. The molecule has 1 saturated heterocycles. The van der Waals surface area contributed by atoms with Gasteiger partial charge in [0.15, 0.2) is 0 Å². The highest BCUT2D eigenvalue weighted by Gasteiger charge is 2.33. The summed E-state index contributed by atoms with van der Waals surface area (Å²) in [7, 11) is 0. The van der Waals surface area contributed by atoms with Crippen LogP contribution in [0.15, 0.2) is 0 Å². The predicted octanol–water partition coefficient (Wildman–Crippen LogP) is 2.67. The molecule has 0 radical (unpaired) electrons. The van der Waals surface area contributed by atoms with Crippen molar-refractivity contribution in [2.24, 2.45) is 11.8 Å². The van der Waals surface area contributed by atoms with E-state index in [4.69, 9.17) is 0 Å². The highest BCUT2D eigenvalue weighted by molar-refractivity contribution is 5.81. The Bertz CT molecular complexity index is 352. The van der Waals surface area contributed by atoms with E-state index in [2.05, 4.69) is 4.90 Å². The lowest BCUT2D eigenvalue weighted by molar-refractivity contribution is -0.141. The maximum atomic E-state index is 12.5. The second-order valence-corrected chi connectivity index (χ2v) is 6.45. The summed E-state index contributed by atoms with van der Waals surface area (Å²) in [5, 5.41) is 0. The molecule has 2 amide bonds. The van der Waals surface area contributed by atoms with E-state index in [1.54, 1.807) is 0 Å². The number of hydrogen-bond acceptors (Lipinski definition) is 2. The fourth-order valence-electron chi connectivity index (χ4n) is 3.75. The molecule has 1 aliphatic heterocycles. The van der Waals surface area contributed by atoms with Gasteiger partial charge < -0.3 is 9.80 Å². The van der Waals surface area contributed by atoms with Crippen LogP contribution in [0, 0.1) is 11.8 Å². The van der Waals surface area contributed by atoms with Crippen molar-refractivity contribution in [3.63, 3.8) is 0 Å². The van der Waals surface area contributed by atoms with E-state index in [-0.39, 0.29) is 11.8 Å². The summed E-state index contributed by atoms with van der Waals surface area (Å²) in [6, 6.07) is 0. The van der Waals surface area contributed by atoms with Crippen molar-refractivity contribution in [1.29, 1.82) is 0 Å². The van der Waals surface area contributed by atoms with Crippen LogP contribution >= 0.6 is 0 Å². The Morgan fingerprint density at radius 1 is 0.905 bits per heavy atom. The summed E-state index contributed by atoms with van der Waals surface area (Å²) in [5.41, 5.74) is 0. The van der Waals surface area contributed by atoms with E-state index in [0.29, 0.717) is 11.8 Å². The van der Waals surface area contributed by atoms with Gasteiger partial charge in [-0.3, -0.25) is 9.59 Å². The molecule has 0 unspecified atom stereocenters. The Morgan fingerprint density at radius 2 is 1.43 bits per heavy atom. The first-order chi connectivity index (χ1) is 10.2. The summed E-state index contributed by atoms with van der Waals surface area (Å²) in [4.78, 5) is 28.9. The van der Waals surface area contributed by atoms with Crippen LogP contribution in [0.4, 0.5) is 0 Å². The van der Waals surface area contributed by atoms with E-state index in [0.717, 1.165) is 64.7 Å². The first-order valence-corrected chi connectivity index (χ1v) is 8.74. The van der Waals surface area contributed by atoms with Gasteiger partial charge in [0.05, 0.1) is 0 Å². The highest BCUT2D eigenvalue weighted by atomic mass is 16.2. The minimum atomic E-state index is 0.148. The van der Waals surface area contributed by atoms with E-state index in [1.807, 2.05) is 18.7 Å². The number of amides is 2. The third-order valence-electron chi connectivity index (χ3n) is 5.17. The summed E-state index contributed by atoms with van der Waals surface area (Å²) >= 11 is 0. The van der Waals surface area contributed by atoms with Gasteiger partial charge in [0.1, 0.15) is 0 Å². The Kier molecular flexibility index (Phi) is 6.07. The summed E-state index contributed by atoms with van der Waals surface area (Å²) in [5.74, 6) is 0.964. The van der Waals surface area contributed by atoms with Gasteiger partial charge >= 0.3 is 0 Å². The summed E-state index contributed by atoms with van der Waals surface area (Å²) in [6.07, 6.45) is 7.14. The molecule has 4 heteroatoms. The van der Waals surface area contributed by atoms with Crippen molar-refractivity contribution in [3.05, 3.63) is 0 Å². The van der Waals surface area contributed by atoms with Crippen molar-refractivity contribution in [2.45, 2.75) is 58.8 Å². The molecule has 2 fully saturated rings. The first kappa shape index (κ1) is 16.3. The summed E-state index contributed by atoms with van der Waals surface area (Å²) < 4.78 is 0. The van der Waals surface area contributed by atoms with Crippen LogP contribution in [0.3, 0.4) is 0 Å². The summed E-state index contributed by atoms with van der Waals surface area (Å²) in [6.45, 7) is 7.54. The molecule has 1 saturated carbocycles. The average molecular weight is 294 g/mol. The molecule has 0 aromatic carbocycles. The smallest absolute Gasteiger partial charge is 0.225 e. The molecule has 0 atom stereocenters. The standard InChI is InChI=1S/C17H30N2O2/c1-3-18(4-2)16(20)14-8-10-15(11-9-14)17(21)19-12-6-5-7-13-19/h14-15H,3-13H2,1-2H3. The molecule has 2 aliphatic rings. The van der Waals surface area contributed by atoms with Crippen molar-refractivity contribution >= 4 is 11.8 Å². The van der Waals surface area contributed by atoms with Crippen LogP contribution in [0.2, 0.25) is 0 Å². The normalized spacial score (nSPS) is 26.5. The van der Waals surface area contributed by atoms with Crippen LogP contribution in [-0.4, -0.2) is 47.8 Å². The third kappa shape index (κ3) is 3.98. The van der Waals surface area contributed by atoms with Gasteiger partial charge in [-0.2, -0.15) is 0 Å². The van der Waals surface area contributed by atoms with E-state index >= 15 is 0 Å². The van der Waals surface area contributed by atoms with Crippen molar-refractivity contribution in [2.75, 3.05) is 26.2 Å². The fourth-order valence-corrected chi connectivity index (χ4v) is 3.75. The number of piperidine rings is 1. The lowest BCUT2D eigenvalue weighted by atomic mass is 9.80. The number of likely N-dealkylation sites (tertiary alicyclic amines) is 1. The first-order valence-electron chi connectivity index (χ1n) is 8.74. The molecule has 0 spiro atoms. The highest BCUT2D eigenvalue weighted by Crippen LogP contribution is 2.31. The zero-order valence-corrected chi connectivity index (χ0v) is 13.6. The minimum Gasteiger partial charge on any atom is -0.343 e. The van der Waals surface area contributed by atoms with Crippen LogP contribution in [-0.2, 0) is 9.59 Å². The number of rotatable bonds is 4. The number of carbonyl (C=O) groups is 2. The Balaban J connectivity index is 1.82. The number of hydrogen-bond donors (Lipinski definition) is 0. The maximum absolute atomic E-state index is 12.5. The molecule has 0 aromatic rings. The molecule has 2 rings (SSSR count). The molecule has 120 valence electrons. The number of carbonyl (C=O) groups excluding carboxylic acids is 2. The third-order valence-corrected chi connectivity index (χ3v) is 5.17. The molecule has 4 nitrogen and oxygen atoms in total. The lowest BCUT2D eigenvalue weighted by Gasteiger charge is -2.34. The van der Waals surface area contributed by atoms with Crippen LogP contribution in [0.25, 0.3) is 0 Å². The zero-order valence-electron chi connectivity index (χ0n) is 13.6. The van der Waals surface area contributed by atoms with Crippen LogP contribution in [0.5, 0.6) is 0 Å². The van der Waals surface area contributed by atoms with Gasteiger partial charge in [-0.1, -0.05) is 0 Å². The number of nitrogens with zero attached hydrogens (tertiary/aromatic N) is 2. The van der Waals surface area contributed by atoms with Gasteiger partial charge in [-0.15, -0.1) is 0 Å². The lowest BCUT2D eigenvalue weighted by Crippen LogP contribution is -2.42. The average Bonchev–Trinajstić information content (AvgIpc) is 2.56. The maximum Gasteiger partial charge on any atom is 0.225 e. The quantitative estimate of drug-likeness (QED) is 0.800. The van der Waals surface area contributed by atoms with Gasteiger partial charge in [0, 0.05) is 38.0 Å². The molecule has 0 bridgehead atoms. The molecular weight excluding hydrogens is 264 g/mol. The molecule has 1 aliphatic carbocycles. The van der Waals surface area contributed by atoms with Gasteiger partial charge in [-0.05, 0) is 58.8 Å². The predicted molar refractivity (Wildman–Crippen MR) is 83.8 cm³/mol. The van der Waals surface area contributed by atoms with Crippen molar-refractivity contribution in [3.8, 4) is 0 Å². The van der Waals surface area contributed by atoms with Gasteiger partial charge in [0.25, 0.3) is 0 Å². The molecular formula is C17H30N2O2. The zero-order chi connectivity index (χ0) is 15.2. The Hall–Kier alpha value is -1.06. The Labute approximate surface area is 128 Å². The van der Waals surface area contributed by atoms with Gasteiger partial charge in [-0.25, -0.2) is 0 Å².